The van der Waals surface area contributed by atoms with Gasteiger partial charge in [-0.05, 0) is 37.1 Å². The topological polar surface area (TPSA) is 93.1 Å². The molecular weight excluding hydrogens is 460 g/mol. The van der Waals surface area contributed by atoms with Gasteiger partial charge in [0.25, 0.3) is 11.5 Å². The van der Waals surface area contributed by atoms with Crippen LogP contribution in [0.1, 0.15) is 46.9 Å². The van der Waals surface area contributed by atoms with Gasteiger partial charge in [0.05, 0.1) is 18.3 Å². The van der Waals surface area contributed by atoms with Crippen molar-refractivity contribution < 1.29 is 9.59 Å². The Bertz CT molecular complexity index is 1420. The number of hydrogen-bond donors (Lipinski definition) is 2. The lowest BCUT2D eigenvalue weighted by Gasteiger charge is -2.13. The smallest absolute Gasteiger partial charge is 0.263 e. The van der Waals surface area contributed by atoms with E-state index in [1.165, 1.54) is 28.9 Å². The fraction of sp³-hybridized carbons (Fsp3) is 0.185. The number of carbonyl (C=O) groups is 2. The Morgan fingerprint density at radius 3 is 2.57 bits per heavy atom. The summed E-state index contributed by atoms with van der Waals surface area (Å²) in [7, 11) is 0. The monoisotopic (exact) mass is 486 g/mol. The van der Waals surface area contributed by atoms with Crippen molar-refractivity contribution in [1.82, 2.24) is 14.9 Å². The minimum atomic E-state index is -0.492. The number of hydrogen-bond acceptors (Lipinski definition) is 5. The first kappa shape index (κ1) is 24.1. The number of aromatic nitrogens is 2. The first-order valence-electron chi connectivity index (χ1n) is 11.2. The van der Waals surface area contributed by atoms with E-state index in [1.54, 1.807) is 12.3 Å². The van der Waals surface area contributed by atoms with Crippen molar-refractivity contribution in [3.63, 3.8) is 0 Å². The van der Waals surface area contributed by atoms with E-state index in [-0.39, 0.29) is 23.1 Å². The molecule has 178 valence electrons. The van der Waals surface area contributed by atoms with Crippen molar-refractivity contribution >= 4 is 28.3 Å². The Hall–Kier alpha value is -4.04. The second-order valence-electron chi connectivity index (χ2n) is 8.38. The van der Waals surface area contributed by atoms with Crippen molar-refractivity contribution in [3.8, 4) is 11.3 Å². The van der Waals surface area contributed by atoms with Crippen LogP contribution >= 0.6 is 11.3 Å². The fourth-order valence-electron chi connectivity index (χ4n) is 3.80. The number of benzene rings is 2. The number of aryl methyl sites for hydroxylation is 1. The van der Waals surface area contributed by atoms with E-state index in [4.69, 9.17) is 0 Å². The Morgan fingerprint density at radius 2 is 1.86 bits per heavy atom. The first-order valence-corrected chi connectivity index (χ1v) is 12.1. The summed E-state index contributed by atoms with van der Waals surface area (Å²) in [5.74, 6) is -0.573. The SMILES string of the molecule is CC(=O)NC(C)c1ccc(-c2csc(NC(=O)c3cccn(Cc4cccc(C)c4)c3=O)n2)cc1. The summed E-state index contributed by atoms with van der Waals surface area (Å²) >= 11 is 1.29. The van der Waals surface area contributed by atoms with Gasteiger partial charge >= 0.3 is 0 Å². The van der Waals surface area contributed by atoms with Crippen molar-refractivity contribution in [1.29, 1.82) is 0 Å². The summed E-state index contributed by atoms with van der Waals surface area (Å²) < 4.78 is 1.53. The van der Waals surface area contributed by atoms with E-state index in [0.717, 1.165) is 22.3 Å². The Morgan fingerprint density at radius 1 is 1.09 bits per heavy atom. The number of carbonyl (C=O) groups excluding carboxylic acids is 2. The van der Waals surface area contributed by atoms with Crippen LogP contribution in [-0.2, 0) is 11.3 Å². The molecule has 1 unspecified atom stereocenters. The summed E-state index contributed by atoms with van der Waals surface area (Å²) in [5, 5.41) is 7.87. The number of thiazole rings is 1. The fourth-order valence-corrected chi connectivity index (χ4v) is 4.52. The third-order valence-corrected chi connectivity index (χ3v) is 6.31. The zero-order valence-corrected chi connectivity index (χ0v) is 20.6. The Balaban J connectivity index is 1.47. The van der Waals surface area contributed by atoms with E-state index in [2.05, 4.69) is 15.6 Å². The van der Waals surface area contributed by atoms with E-state index < -0.39 is 5.91 Å². The van der Waals surface area contributed by atoms with Crippen LogP contribution in [0.3, 0.4) is 0 Å². The lowest BCUT2D eigenvalue weighted by atomic mass is 10.1. The van der Waals surface area contributed by atoms with Crippen LogP contribution < -0.4 is 16.2 Å². The quantitative estimate of drug-likeness (QED) is 0.393. The first-order chi connectivity index (χ1) is 16.8. The molecule has 0 aliphatic rings. The molecule has 8 heteroatoms. The predicted molar refractivity (Wildman–Crippen MR) is 139 cm³/mol. The second-order valence-corrected chi connectivity index (χ2v) is 9.24. The molecule has 7 nitrogen and oxygen atoms in total. The molecule has 0 radical (unpaired) electrons. The molecule has 0 saturated heterocycles. The van der Waals surface area contributed by atoms with Crippen molar-refractivity contribution in [3.05, 3.63) is 105 Å². The number of anilines is 1. The third-order valence-electron chi connectivity index (χ3n) is 5.55. The molecule has 2 aromatic carbocycles. The van der Waals surface area contributed by atoms with E-state index >= 15 is 0 Å². The highest BCUT2D eigenvalue weighted by Gasteiger charge is 2.15. The van der Waals surface area contributed by atoms with Crippen molar-refractivity contribution in [2.45, 2.75) is 33.4 Å². The number of nitrogens with zero attached hydrogens (tertiary/aromatic N) is 2. The maximum absolute atomic E-state index is 12.9. The van der Waals surface area contributed by atoms with E-state index in [9.17, 15) is 14.4 Å². The highest BCUT2D eigenvalue weighted by molar-refractivity contribution is 7.14. The highest BCUT2D eigenvalue weighted by atomic mass is 32.1. The van der Waals surface area contributed by atoms with Gasteiger partial charge in [0, 0.05) is 24.1 Å². The normalized spacial score (nSPS) is 11.6. The summed E-state index contributed by atoms with van der Waals surface area (Å²) in [4.78, 5) is 41.6. The maximum atomic E-state index is 12.9. The zero-order valence-electron chi connectivity index (χ0n) is 19.7. The number of amides is 2. The molecule has 2 aromatic heterocycles. The standard InChI is InChI=1S/C27H26N4O3S/c1-17-6-4-7-20(14-17)15-31-13-5-8-23(26(31)34)25(33)30-27-29-24(16-35-27)22-11-9-21(10-12-22)18(2)28-19(3)32/h4-14,16,18H,15H2,1-3H3,(H,28,32)(H,29,30,33). The molecule has 1 atom stereocenters. The molecule has 0 spiro atoms. The van der Waals surface area contributed by atoms with Crippen LogP contribution in [-0.4, -0.2) is 21.4 Å². The van der Waals surface area contributed by atoms with Gasteiger partial charge in [-0.1, -0.05) is 54.1 Å². The molecule has 4 rings (SSSR count). The van der Waals surface area contributed by atoms with E-state index in [1.807, 2.05) is 67.8 Å². The molecule has 0 fully saturated rings. The largest absolute Gasteiger partial charge is 0.350 e. The van der Waals surface area contributed by atoms with Crippen LogP contribution in [0.4, 0.5) is 5.13 Å². The molecule has 0 bridgehead atoms. The summed E-state index contributed by atoms with van der Waals surface area (Å²) in [6, 6.07) is 18.8. The molecule has 2 amide bonds. The van der Waals surface area contributed by atoms with Gasteiger partial charge in [-0.25, -0.2) is 4.98 Å². The summed E-state index contributed by atoms with van der Waals surface area (Å²) in [6.07, 6.45) is 1.68. The number of pyridine rings is 1. The van der Waals surface area contributed by atoms with Crippen molar-refractivity contribution in [2.24, 2.45) is 0 Å². The molecule has 0 aliphatic carbocycles. The molecule has 2 heterocycles. The minimum absolute atomic E-state index is 0.0632. The molecule has 4 aromatic rings. The molecule has 2 N–H and O–H groups in total. The predicted octanol–water partition coefficient (Wildman–Crippen LogP) is 4.78. The average molecular weight is 487 g/mol. The molecule has 35 heavy (non-hydrogen) atoms. The van der Waals surface area contributed by atoms with Crippen LogP contribution in [0, 0.1) is 6.92 Å². The lowest BCUT2D eigenvalue weighted by Crippen LogP contribution is -2.29. The van der Waals surface area contributed by atoms with Crippen LogP contribution in [0.5, 0.6) is 0 Å². The number of nitrogens with one attached hydrogen (secondary N) is 2. The van der Waals surface area contributed by atoms with Crippen LogP contribution in [0.15, 0.2) is 77.0 Å². The third kappa shape index (κ3) is 5.91. The highest BCUT2D eigenvalue weighted by Crippen LogP contribution is 2.26. The van der Waals surface area contributed by atoms with Gasteiger partial charge in [0.15, 0.2) is 5.13 Å². The molecule has 0 saturated carbocycles. The van der Waals surface area contributed by atoms with Crippen LogP contribution in [0.25, 0.3) is 11.3 Å². The van der Waals surface area contributed by atoms with Gasteiger partial charge in [0.1, 0.15) is 5.56 Å². The second kappa shape index (κ2) is 10.5. The van der Waals surface area contributed by atoms with Crippen molar-refractivity contribution in [2.75, 3.05) is 5.32 Å². The Labute approximate surface area is 207 Å². The molecule has 0 aliphatic heterocycles. The average Bonchev–Trinajstić information content (AvgIpc) is 3.28. The minimum Gasteiger partial charge on any atom is -0.350 e. The lowest BCUT2D eigenvalue weighted by molar-refractivity contribution is -0.119. The van der Waals surface area contributed by atoms with Gasteiger partial charge in [0.2, 0.25) is 5.91 Å². The summed E-state index contributed by atoms with van der Waals surface area (Å²) in [5.41, 5.74) is 4.40. The van der Waals surface area contributed by atoms with E-state index in [0.29, 0.717) is 17.4 Å². The van der Waals surface area contributed by atoms with Gasteiger partial charge in [-0.2, -0.15) is 0 Å². The van der Waals surface area contributed by atoms with Gasteiger partial charge < -0.3 is 9.88 Å². The molecular formula is C27H26N4O3S. The van der Waals surface area contributed by atoms with Gasteiger partial charge in [-0.3, -0.25) is 19.7 Å². The Kier molecular flexibility index (Phi) is 7.22. The summed E-state index contributed by atoms with van der Waals surface area (Å²) in [6.45, 7) is 5.80. The number of rotatable bonds is 7. The maximum Gasteiger partial charge on any atom is 0.263 e. The zero-order chi connectivity index (χ0) is 24.9. The van der Waals surface area contributed by atoms with Crippen LogP contribution in [0.2, 0.25) is 0 Å². The van der Waals surface area contributed by atoms with Gasteiger partial charge in [-0.15, -0.1) is 11.3 Å².